The number of rotatable bonds is 0. The summed E-state index contributed by atoms with van der Waals surface area (Å²) < 4.78 is 0. The Bertz CT molecular complexity index is 139. The lowest BCUT2D eigenvalue weighted by atomic mass is 9.73. The largest absolute Gasteiger partial charge is 0.313 e. The van der Waals surface area contributed by atoms with Gasteiger partial charge in [-0.2, -0.15) is 0 Å². The molecule has 0 aromatic rings. The van der Waals surface area contributed by atoms with E-state index in [1.807, 2.05) is 0 Å². The van der Waals surface area contributed by atoms with Gasteiger partial charge in [0.05, 0.1) is 0 Å². The lowest BCUT2D eigenvalue weighted by Gasteiger charge is -2.41. The van der Waals surface area contributed by atoms with E-state index in [2.05, 4.69) is 19.2 Å². The SMILES string of the molecule is CC1CCC2NCC(C)CC2C1. The van der Waals surface area contributed by atoms with E-state index in [9.17, 15) is 0 Å². The third-order valence-electron chi connectivity index (χ3n) is 3.68. The van der Waals surface area contributed by atoms with Gasteiger partial charge >= 0.3 is 0 Å². The van der Waals surface area contributed by atoms with E-state index in [0.29, 0.717) is 0 Å². The van der Waals surface area contributed by atoms with E-state index in [1.165, 1.54) is 32.2 Å². The van der Waals surface area contributed by atoms with Gasteiger partial charge in [0, 0.05) is 6.04 Å². The minimum Gasteiger partial charge on any atom is -0.313 e. The van der Waals surface area contributed by atoms with Gasteiger partial charge in [0.2, 0.25) is 0 Å². The van der Waals surface area contributed by atoms with Gasteiger partial charge in [-0.1, -0.05) is 13.8 Å². The number of piperidine rings is 1. The molecule has 70 valence electrons. The fourth-order valence-corrected chi connectivity index (χ4v) is 2.98. The zero-order valence-electron chi connectivity index (χ0n) is 8.34. The minimum absolute atomic E-state index is 0.873. The van der Waals surface area contributed by atoms with Crippen LogP contribution in [0.2, 0.25) is 0 Å². The highest BCUT2D eigenvalue weighted by molar-refractivity contribution is 4.88. The Morgan fingerprint density at radius 1 is 1.00 bits per heavy atom. The molecule has 0 aromatic heterocycles. The molecule has 4 atom stereocenters. The van der Waals surface area contributed by atoms with E-state index in [-0.39, 0.29) is 0 Å². The molecule has 0 aromatic carbocycles. The second-order valence-electron chi connectivity index (χ2n) is 5.03. The maximum absolute atomic E-state index is 3.69. The third-order valence-corrected chi connectivity index (χ3v) is 3.68. The summed E-state index contributed by atoms with van der Waals surface area (Å²) in [5.41, 5.74) is 0. The van der Waals surface area contributed by atoms with Crippen molar-refractivity contribution in [2.75, 3.05) is 6.54 Å². The first-order chi connectivity index (χ1) is 5.75. The van der Waals surface area contributed by atoms with Crippen LogP contribution in [0.15, 0.2) is 0 Å². The summed E-state index contributed by atoms with van der Waals surface area (Å²) >= 11 is 0. The van der Waals surface area contributed by atoms with Gasteiger partial charge in [-0.15, -0.1) is 0 Å². The Morgan fingerprint density at radius 3 is 2.58 bits per heavy atom. The monoisotopic (exact) mass is 167 g/mol. The third kappa shape index (κ3) is 1.66. The van der Waals surface area contributed by atoms with Crippen LogP contribution in [0.1, 0.15) is 39.5 Å². The molecule has 0 spiro atoms. The Morgan fingerprint density at radius 2 is 1.75 bits per heavy atom. The summed E-state index contributed by atoms with van der Waals surface area (Å²) in [6, 6.07) is 0.873. The smallest absolute Gasteiger partial charge is 0.00957 e. The van der Waals surface area contributed by atoms with Crippen LogP contribution in [0.4, 0.5) is 0 Å². The Kier molecular flexibility index (Phi) is 2.40. The molecule has 1 nitrogen and oxygen atoms in total. The summed E-state index contributed by atoms with van der Waals surface area (Å²) in [5.74, 6) is 2.90. The summed E-state index contributed by atoms with van der Waals surface area (Å²) in [4.78, 5) is 0. The summed E-state index contributed by atoms with van der Waals surface area (Å²) in [6.45, 7) is 6.05. The average molecular weight is 167 g/mol. The first-order valence-electron chi connectivity index (χ1n) is 5.49. The van der Waals surface area contributed by atoms with Crippen molar-refractivity contribution in [2.24, 2.45) is 17.8 Å². The molecule has 0 amide bonds. The molecular formula is C11H21N. The topological polar surface area (TPSA) is 12.0 Å². The van der Waals surface area contributed by atoms with Crippen LogP contribution in [0, 0.1) is 17.8 Å². The summed E-state index contributed by atoms with van der Waals surface area (Å²) in [6.07, 6.45) is 5.82. The van der Waals surface area contributed by atoms with E-state index >= 15 is 0 Å². The van der Waals surface area contributed by atoms with Crippen LogP contribution in [0.5, 0.6) is 0 Å². The van der Waals surface area contributed by atoms with Gasteiger partial charge in [-0.05, 0) is 50.0 Å². The zero-order valence-corrected chi connectivity index (χ0v) is 8.34. The zero-order chi connectivity index (χ0) is 8.55. The van der Waals surface area contributed by atoms with Gasteiger partial charge in [-0.25, -0.2) is 0 Å². The van der Waals surface area contributed by atoms with Crippen LogP contribution in [-0.4, -0.2) is 12.6 Å². The highest BCUT2D eigenvalue weighted by Crippen LogP contribution is 2.35. The molecular weight excluding hydrogens is 146 g/mol. The van der Waals surface area contributed by atoms with E-state index in [1.54, 1.807) is 0 Å². The van der Waals surface area contributed by atoms with Crippen LogP contribution >= 0.6 is 0 Å². The quantitative estimate of drug-likeness (QED) is 0.584. The van der Waals surface area contributed by atoms with Gasteiger partial charge in [-0.3, -0.25) is 0 Å². The normalized spacial score (nSPS) is 48.5. The molecule has 2 aliphatic rings. The van der Waals surface area contributed by atoms with Gasteiger partial charge < -0.3 is 5.32 Å². The van der Waals surface area contributed by atoms with E-state index < -0.39 is 0 Å². The molecule has 1 aliphatic heterocycles. The second kappa shape index (κ2) is 3.37. The molecule has 2 fully saturated rings. The molecule has 2 rings (SSSR count). The van der Waals surface area contributed by atoms with E-state index in [4.69, 9.17) is 0 Å². The highest BCUT2D eigenvalue weighted by atomic mass is 14.9. The molecule has 4 unspecified atom stereocenters. The van der Waals surface area contributed by atoms with E-state index in [0.717, 1.165) is 23.8 Å². The molecule has 12 heavy (non-hydrogen) atoms. The standard InChI is InChI=1S/C11H21N/c1-8-3-4-11-10(5-8)6-9(2)7-12-11/h8-12H,3-7H2,1-2H3. The number of hydrogen-bond acceptors (Lipinski definition) is 1. The maximum Gasteiger partial charge on any atom is 0.00957 e. The predicted octanol–water partition coefficient (Wildman–Crippen LogP) is 2.42. The number of hydrogen-bond donors (Lipinski definition) is 1. The first kappa shape index (κ1) is 8.55. The van der Waals surface area contributed by atoms with Crippen LogP contribution in [-0.2, 0) is 0 Å². The maximum atomic E-state index is 3.69. The Labute approximate surface area is 75.9 Å². The Hall–Kier alpha value is -0.0400. The van der Waals surface area contributed by atoms with Crippen molar-refractivity contribution in [3.8, 4) is 0 Å². The fraction of sp³-hybridized carbons (Fsp3) is 1.00. The van der Waals surface area contributed by atoms with Gasteiger partial charge in [0.15, 0.2) is 0 Å². The van der Waals surface area contributed by atoms with Crippen molar-refractivity contribution in [2.45, 2.75) is 45.6 Å². The van der Waals surface area contributed by atoms with Crippen molar-refractivity contribution >= 4 is 0 Å². The molecule has 0 radical (unpaired) electrons. The van der Waals surface area contributed by atoms with Crippen molar-refractivity contribution in [1.29, 1.82) is 0 Å². The van der Waals surface area contributed by atoms with Gasteiger partial charge in [0.1, 0.15) is 0 Å². The first-order valence-corrected chi connectivity index (χ1v) is 5.49. The summed E-state index contributed by atoms with van der Waals surface area (Å²) in [5, 5.41) is 3.69. The second-order valence-corrected chi connectivity index (χ2v) is 5.03. The van der Waals surface area contributed by atoms with Crippen molar-refractivity contribution < 1.29 is 0 Å². The lowest BCUT2D eigenvalue weighted by molar-refractivity contribution is 0.144. The fourth-order valence-electron chi connectivity index (χ4n) is 2.98. The number of nitrogens with one attached hydrogen (secondary N) is 1. The van der Waals surface area contributed by atoms with Crippen molar-refractivity contribution in [3.05, 3.63) is 0 Å². The highest BCUT2D eigenvalue weighted by Gasteiger charge is 2.32. The molecule has 1 N–H and O–H groups in total. The molecule has 1 heterocycles. The molecule has 0 bridgehead atoms. The van der Waals surface area contributed by atoms with Crippen LogP contribution < -0.4 is 5.32 Å². The van der Waals surface area contributed by atoms with Crippen LogP contribution in [0.3, 0.4) is 0 Å². The van der Waals surface area contributed by atoms with Crippen molar-refractivity contribution in [3.63, 3.8) is 0 Å². The summed E-state index contributed by atoms with van der Waals surface area (Å²) in [7, 11) is 0. The van der Waals surface area contributed by atoms with Crippen molar-refractivity contribution in [1.82, 2.24) is 5.32 Å². The number of fused-ring (bicyclic) bond motifs is 1. The molecule has 1 aliphatic carbocycles. The molecule has 1 saturated carbocycles. The Balaban J connectivity index is 1.94. The molecule has 1 saturated heterocycles. The average Bonchev–Trinajstić information content (AvgIpc) is 2.03. The van der Waals surface area contributed by atoms with Crippen LogP contribution in [0.25, 0.3) is 0 Å². The predicted molar refractivity (Wildman–Crippen MR) is 52.1 cm³/mol. The van der Waals surface area contributed by atoms with Gasteiger partial charge in [0.25, 0.3) is 0 Å². The lowest BCUT2D eigenvalue weighted by Crippen LogP contribution is -2.47. The molecule has 1 heteroatoms. The minimum atomic E-state index is 0.873.